The third-order valence-electron chi connectivity index (χ3n) is 3.48. The minimum atomic E-state index is -0.498. The quantitative estimate of drug-likeness (QED) is 0.643. The standard InChI is InChI=1S/C10H17NO3/c1-11-7-2-3-8(11)5-9(4-7)14-10(13)6-12/h7-9,12H,2-6H2,1H3/t7-,8+,9?. The Kier molecular flexibility index (Phi) is 2.74. The molecular weight excluding hydrogens is 182 g/mol. The lowest BCUT2D eigenvalue weighted by atomic mass is 10.0. The Morgan fingerprint density at radius 1 is 1.43 bits per heavy atom. The molecule has 1 N–H and O–H groups in total. The van der Waals surface area contributed by atoms with Gasteiger partial charge in [0, 0.05) is 12.1 Å². The molecule has 0 aromatic carbocycles. The van der Waals surface area contributed by atoms with Gasteiger partial charge in [-0.25, -0.2) is 4.79 Å². The van der Waals surface area contributed by atoms with Crippen LogP contribution in [0.5, 0.6) is 0 Å². The van der Waals surface area contributed by atoms with E-state index in [1.807, 2.05) is 0 Å². The van der Waals surface area contributed by atoms with Crippen LogP contribution in [0.25, 0.3) is 0 Å². The number of piperidine rings is 1. The molecule has 4 nitrogen and oxygen atoms in total. The van der Waals surface area contributed by atoms with Crippen LogP contribution in [0.4, 0.5) is 0 Å². The molecule has 0 radical (unpaired) electrons. The third-order valence-corrected chi connectivity index (χ3v) is 3.48. The summed E-state index contributed by atoms with van der Waals surface area (Å²) in [6.07, 6.45) is 4.32. The highest BCUT2D eigenvalue weighted by Gasteiger charge is 2.39. The van der Waals surface area contributed by atoms with Gasteiger partial charge in [-0.1, -0.05) is 0 Å². The van der Waals surface area contributed by atoms with Gasteiger partial charge in [-0.3, -0.25) is 0 Å². The normalized spacial score (nSPS) is 37.1. The number of carbonyl (C=O) groups is 1. The SMILES string of the molecule is CN1[C@@H]2CC[C@H]1CC(OC(=O)CO)C2. The van der Waals surface area contributed by atoms with Crippen molar-refractivity contribution in [2.24, 2.45) is 0 Å². The van der Waals surface area contributed by atoms with E-state index in [0.717, 1.165) is 12.8 Å². The van der Waals surface area contributed by atoms with E-state index in [2.05, 4.69) is 11.9 Å². The van der Waals surface area contributed by atoms with Gasteiger partial charge in [-0.2, -0.15) is 0 Å². The second-order valence-electron chi connectivity index (χ2n) is 4.29. The monoisotopic (exact) mass is 199 g/mol. The van der Waals surface area contributed by atoms with E-state index in [0.29, 0.717) is 12.1 Å². The maximum absolute atomic E-state index is 10.9. The largest absolute Gasteiger partial charge is 0.461 e. The maximum atomic E-state index is 10.9. The van der Waals surface area contributed by atoms with Crippen LogP contribution in [-0.4, -0.2) is 47.8 Å². The molecule has 80 valence electrons. The Balaban J connectivity index is 1.90. The average molecular weight is 199 g/mol. The fraction of sp³-hybridized carbons (Fsp3) is 0.900. The number of aliphatic hydroxyl groups excluding tert-OH is 1. The number of nitrogens with zero attached hydrogens (tertiary/aromatic N) is 1. The zero-order valence-corrected chi connectivity index (χ0v) is 8.48. The summed E-state index contributed by atoms with van der Waals surface area (Å²) >= 11 is 0. The molecule has 14 heavy (non-hydrogen) atoms. The van der Waals surface area contributed by atoms with E-state index in [1.54, 1.807) is 0 Å². The number of rotatable bonds is 2. The van der Waals surface area contributed by atoms with E-state index in [4.69, 9.17) is 9.84 Å². The Bertz CT molecular complexity index is 217. The second-order valence-corrected chi connectivity index (χ2v) is 4.29. The fourth-order valence-corrected chi connectivity index (χ4v) is 2.68. The van der Waals surface area contributed by atoms with Crippen molar-refractivity contribution in [3.63, 3.8) is 0 Å². The topological polar surface area (TPSA) is 49.8 Å². The summed E-state index contributed by atoms with van der Waals surface area (Å²) in [5.41, 5.74) is 0. The van der Waals surface area contributed by atoms with Gasteiger partial charge in [0.15, 0.2) is 0 Å². The summed E-state index contributed by atoms with van der Waals surface area (Å²) in [6, 6.07) is 1.15. The molecule has 2 fully saturated rings. The first-order valence-corrected chi connectivity index (χ1v) is 5.23. The average Bonchev–Trinajstić information content (AvgIpc) is 2.42. The van der Waals surface area contributed by atoms with Crippen LogP contribution in [0.2, 0.25) is 0 Å². The first-order chi connectivity index (χ1) is 6.70. The lowest BCUT2D eigenvalue weighted by molar-refractivity contribution is -0.155. The van der Waals surface area contributed by atoms with Crippen LogP contribution >= 0.6 is 0 Å². The van der Waals surface area contributed by atoms with Crippen LogP contribution in [0.3, 0.4) is 0 Å². The van der Waals surface area contributed by atoms with Gasteiger partial charge in [0.1, 0.15) is 12.7 Å². The Morgan fingerprint density at radius 2 is 2.00 bits per heavy atom. The number of hydrogen-bond donors (Lipinski definition) is 1. The number of fused-ring (bicyclic) bond motifs is 2. The Morgan fingerprint density at radius 3 is 2.50 bits per heavy atom. The molecule has 0 aliphatic carbocycles. The number of esters is 1. The van der Waals surface area contributed by atoms with Crippen LogP contribution in [0, 0.1) is 0 Å². The van der Waals surface area contributed by atoms with Crippen molar-refractivity contribution in [2.75, 3.05) is 13.7 Å². The smallest absolute Gasteiger partial charge is 0.332 e. The molecule has 2 aliphatic heterocycles. The molecule has 0 spiro atoms. The zero-order chi connectivity index (χ0) is 10.1. The molecule has 0 aromatic rings. The molecule has 4 heteroatoms. The summed E-state index contributed by atoms with van der Waals surface area (Å²) in [4.78, 5) is 13.3. The van der Waals surface area contributed by atoms with Gasteiger partial charge in [-0.15, -0.1) is 0 Å². The van der Waals surface area contributed by atoms with Gasteiger partial charge in [0.05, 0.1) is 0 Å². The van der Waals surface area contributed by atoms with Crippen LogP contribution in [-0.2, 0) is 9.53 Å². The van der Waals surface area contributed by atoms with Crippen molar-refractivity contribution in [1.82, 2.24) is 4.90 Å². The highest BCUT2D eigenvalue weighted by Crippen LogP contribution is 2.35. The summed E-state index contributed by atoms with van der Waals surface area (Å²) in [7, 11) is 2.15. The number of hydrogen-bond acceptors (Lipinski definition) is 4. The van der Waals surface area contributed by atoms with E-state index in [9.17, 15) is 4.79 Å². The first-order valence-electron chi connectivity index (χ1n) is 5.23. The summed E-state index contributed by atoms with van der Waals surface area (Å²) < 4.78 is 5.15. The molecule has 2 saturated heterocycles. The molecule has 0 saturated carbocycles. The summed E-state index contributed by atoms with van der Waals surface area (Å²) in [5, 5.41) is 8.58. The molecule has 0 aromatic heterocycles. The van der Waals surface area contributed by atoms with E-state index < -0.39 is 12.6 Å². The molecule has 2 bridgehead atoms. The van der Waals surface area contributed by atoms with Crippen molar-refractivity contribution < 1.29 is 14.6 Å². The van der Waals surface area contributed by atoms with E-state index in [1.165, 1.54) is 12.8 Å². The Hall–Kier alpha value is -0.610. The summed E-state index contributed by atoms with van der Waals surface area (Å²) in [5.74, 6) is -0.487. The Labute approximate surface area is 83.8 Å². The van der Waals surface area contributed by atoms with Gasteiger partial charge < -0.3 is 14.7 Å². The van der Waals surface area contributed by atoms with Crippen molar-refractivity contribution in [3.8, 4) is 0 Å². The minimum absolute atomic E-state index is 0.0309. The zero-order valence-electron chi connectivity index (χ0n) is 8.48. The highest BCUT2D eigenvalue weighted by molar-refractivity contribution is 5.70. The number of aliphatic hydroxyl groups is 1. The van der Waals surface area contributed by atoms with Gasteiger partial charge in [0.25, 0.3) is 0 Å². The maximum Gasteiger partial charge on any atom is 0.332 e. The van der Waals surface area contributed by atoms with Crippen LogP contribution < -0.4 is 0 Å². The predicted molar refractivity (Wildman–Crippen MR) is 50.8 cm³/mol. The molecular formula is C10H17NO3. The second kappa shape index (κ2) is 3.87. The molecule has 2 heterocycles. The van der Waals surface area contributed by atoms with Crippen molar-refractivity contribution in [3.05, 3.63) is 0 Å². The summed E-state index contributed by atoms with van der Waals surface area (Å²) in [6.45, 7) is -0.498. The third kappa shape index (κ3) is 1.77. The van der Waals surface area contributed by atoms with Crippen LogP contribution in [0.1, 0.15) is 25.7 Å². The molecule has 0 amide bonds. The van der Waals surface area contributed by atoms with Crippen molar-refractivity contribution in [1.29, 1.82) is 0 Å². The van der Waals surface area contributed by atoms with Crippen molar-refractivity contribution >= 4 is 5.97 Å². The fourth-order valence-electron chi connectivity index (χ4n) is 2.68. The molecule has 1 unspecified atom stereocenters. The highest BCUT2D eigenvalue weighted by atomic mass is 16.6. The predicted octanol–water partition coefficient (Wildman–Crippen LogP) is 0.147. The van der Waals surface area contributed by atoms with Gasteiger partial charge in [-0.05, 0) is 32.7 Å². The molecule has 2 rings (SSSR count). The van der Waals surface area contributed by atoms with Crippen molar-refractivity contribution in [2.45, 2.75) is 43.9 Å². The molecule has 2 aliphatic rings. The molecule has 3 atom stereocenters. The first kappa shape index (κ1) is 9.93. The lowest BCUT2D eigenvalue weighted by Crippen LogP contribution is -2.43. The van der Waals surface area contributed by atoms with Gasteiger partial charge >= 0.3 is 5.97 Å². The lowest BCUT2D eigenvalue weighted by Gasteiger charge is -2.35. The van der Waals surface area contributed by atoms with E-state index >= 15 is 0 Å². The van der Waals surface area contributed by atoms with Crippen LogP contribution in [0.15, 0.2) is 0 Å². The minimum Gasteiger partial charge on any atom is -0.461 e. The number of ether oxygens (including phenoxy) is 1. The number of carbonyl (C=O) groups excluding carboxylic acids is 1. The van der Waals surface area contributed by atoms with E-state index in [-0.39, 0.29) is 6.10 Å². The van der Waals surface area contributed by atoms with Gasteiger partial charge in [0.2, 0.25) is 0 Å².